The quantitative estimate of drug-likeness (QED) is 0.803. The van der Waals surface area contributed by atoms with Gasteiger partial charge >= 0.3 is 0 Å². The summed E-state index contributed by atoms with van der Waals surface area (Å²) >= 11 is 5.93. The Labute approximate surface area is 128 Å². The summed E-state index contributed by atoms with van der Waals surface area (Å²) in [6.45, 7) is 3.27. The average Bonchev–Trinajstić information content (AvgIpc) is 2.96. The highest BCUT2D eigenvalue weighted by molar-refractivity contribution is 6.29. The lowest BCUT2D eigenvalue weighted by molar-refractivity contribution is -0.136. The maximum Gasteiger partial charge on any atom is 0.245 e. The van der Waals surface area contributed by atoms with Crippen LogP contribution in [0.1, 0.15) is 12.8 Å². The maximum absolute atomic E-state index is 12.7. The molecule has 1 amide bonds. The van der Waals surface area contributed by atoms with E-state index < -0.39 is 0 Å². The van der Waals surface area contributed by atoms with Gasteiger partial charge in [0.1, 0.15) is 17.0 Å². The van der Waals surface area contributed by atoms with Crippen LogP contribution in [0.25, 0.3) is 0 Å². The molecule has 114 valence electrons. The maximum atomic E-state index is 12.7. The molecule has 3 rings (SSSR count). The number of ether oxygens (including phenoxy) is 1. The van der Waals surface area contributed by atoms with Crippen molar-refractivity contribution in [2.75, 3.05) is 43.5 Å². The SMILES string of the molecule is Nc1nc(Cl)cc(N2CCCC2C(=O)N2CCOCC2)n1. The van der Waals surface area contributed by atoms with Crippen LogP contribution in [0.4, 0.5) is 11.8 Å². The molecule has 0 spiro atoms. The molecule has 7 nitrogen and oxygen atoms in total. The minimum Gasteiger partial charge on any atom is -0.378 e. The number of amides is 1. The number of aromatic nitrogens is 2. The highest BCUT2D eigenvalue weighted by atomic mass is 35.5. The van der Waals surface area contributed by atoms with Crippen molar-refractivity contribution < 1.29 is 9.53 Å². The van der Waals surface area contributed by atoms with E-state index in [4.69, 9.17) is 22.1 Å². The normalized spacial score (nSPS) is 22.6. The molecule has 2 N–H and O–H groups in total. The van der Waals surface area contributed by atoms with E-state index >= 15 is 0 Å². The molecular formula is C13H18ClN5O2. The van der Waals surface area contributed by atoms with Crippen LogP contribution < -0.4 is 10.6 Å². The second-order valence-corrected chi connectivity index (χ2v) is 5.58. The van der Waals surface area contributed by atoms with E-state index in [9.17, 15) is 4.79 Å². The van der Waals surface area contributed by atoms with Gasteiger partial charge in [-0.2, -0.15) is 4.98 Å². The third-order valence-electron chi connectivity index (χ3n) is 3.85. The minimum absolute atomic E-state index is 0.127. The molecule has 0 aromatic carbocycles. The molecule has 21 heavy (non-hydrogen) atoms. The number of carbonyl (C=O) groups is 1. The van der Waals surface area contributed by atoms with Gasteiger partial charge in [-0.15, -0.1) is 0 Å². The molecule has 8 heteroatoms. The third-order valence-corrected chi connectivity index (χ3v) is 4.05. The second-order valence-electron chi connectivity index (χ2n) is 5.20. The van der Waals surface area contributed by atoms with E-state index in [1.807, 2.05) is 9.80 Å². The number of rotatable bonds is 2. The molecule has 0 saturated carbocycles. The van der Waals surface area contributed by atoms with Crippen LogP contribution in [-0.4, -0.2) is 59.7 Å². The summed E-state index contributed by atoms with van der Waals surface area (Å²) < 4.78 is 5.29. The van der Waals surface area contributed by atoms with Crippen molar-refractivity contribution in [2.24, 2.45) is 0 Å². The average molecular weight is 312 g/mol. The summed E-state index contributed by atoms with van der Waals surface area (Å²) in [5.74, 6) is 0.877. The van der Waals surface area contributed by atoms with Gasteiger partial charge in [-0.25, -0.2) is 4.98 Å². The van der Waals surface area contributed by atoms with Crippen molar-refractivity contribution >= 4 is 29.3 Å². The Bertz CT molecular complexity index is 515. The number of hydrogen-bond acceptors (Lipinski definition) is 6. The third kappa shape index (κ3) is 3.03. The molecule has 1 unspecified atom stereocenters. The first-order valence-electron chi connectivity index (χ1n) is 7.08. The molecule has 2 aliphatic heterocycles. The first-order chi connectivity index (χ1) is 10.1. The van der Waals surface area contributed by atoms with Gasteiger partial charge in [-0.3, -0.25) is 4.79 Å². The fourth-order valence-electron chi connectivity index (χ4n) is 2.86. The molecule has 2 fully saturated rings. The monoisotopic (exact) mass is 311 g/mol. The first kappa shape index (κ1) is 14.3. The van der Waals surface area contributed by atoms with Crippen molar-refractivity contribution in [3.8, 4) is 0 Å². The molecule has 2 saturated heterocycles. The number of halogens is 1. The van der Waals surface area contributed by atoms with Gasteiger partial charge in [-0.05, 0) is 12.8 Å². The van der Waals surface area contributed by atoms with Crippen molar-refractivity contribution in [1.29, 1.82) is 0 Å². The Kier molecular flexibility index (Phi) is 4.12. The Hall–Kier alpha value is -1.60. The van der Waals surface area contributed by atoms with E-state index in [0.29, 0.717) is 37.3 Å². The number of carbonyl (C=O) groups excluding carboxylic acids is 1. The minimum atomic E-state index is -0.200. The molecule has 1 atom stereocenters. The van der Waals surface area contributed by atoms with Gasteiger partial charge in [0.05, 0.1) is 13.2 Å². The van der Waals surface area contributed by atoms with Gasteiger partial charge in [0.15, 0.2) is 0 Å². The van der Waals surface area contributed by atoms with Gasteiger partial charge in [0.2, 0.25) is 11.9 Å². The summed E-state index contributed by atoms with van der Waals surface area (Å²) in [7, 11) is 0. The van der Waals surface area contributed by atoms with E-state index in [1.54, 1.807) is 6.07 Å². The van der Waals surface area contributed by atoms with Gasteiger partial charge in [0, 0.05) is 25.7 Å². The zero-order valence-electron chi connectivity index (χ0n) is 11.7. The number of anilines is 2. The highest BCUT2D eigenvalue weighted by Crippen LogP contribution is 2.27. The Morgan fingerprint density at radius 2 is 2.10 bits per heavy atom. The van der Waals surface area contributed by atoms with E-state index in [1.165, 1.54) is 0 Å². The lowest BCUT2D eigenvalue weighted by atomic mass is 10.2. The Balaban J connectivity index is 1.79. The van der Waals surface area contributed by atoms with E-state index in [0.717, 1.165) is 19.4 Å². The van der Waals surface area contributed by atoms with Crippen LogP contribution in [-0.2, 0) is 9.53 Å². The molecule has 0 radical (unpaired) electrons. The lowest BCUT2D eigenvalue weighted by Crippen LogP contribution is -2.50. The predicted octanol–water partition coefficient (Wildman–Crippen LogP) is 0.540. The highest BCUT2D eigenvalue weighted by Gasteiger charge is 2.35. The molecular weight excluding hydrogens is 294 g/mol. The van der Waals surface area contributed by atoms with E-state index in [-0.39, 0.29) is 17.9 Å². The summed E-state index contributed by atoms with van der Waals surface area (Å²) in [5.41, 5.74) is 5.65. The Morgan fingerprint density at radius 3 is 2.81 bits per heavy atom. The van der Waals surface area contributed by atoms with Crippen LogP contribution in [0.5, 0.6) is 0 Å². The Morgan fingerprint density at radius 1 is 1.33 bits per heavy atom. The lowest BCUT2D eigenvalue weighted by Gasteiger charge is -2.33. The molecule has 1 aromatic heterocycles. The molecule has 2 aliphatic rings. The molecule has 3 heterocycles. The fraction of sp³-hybridized carbons (Fsp3) is 0.615. The van der Waals surface area contributed by atoms with Gasteiger partial charge < -0.3 is 20.3 Å². The number of morpholine rings is 1. The summed E-state index contributed by atoms with van der Waals surface area (Å²) in [6.07, 6.45) is 1.76. The molecule has 1 aromatic rings. The largest absolute Gasteiger partial charge is 0.378 e. The van der Waals surface area contributed by atoms with Crippen molar-refractivity contribution in [3.05, 3.63) is 11.2 Å². The van der Waals surface area contributed by atoms with Gasteiger partial charge in [-0.1, -0.05) is 11.6 Å². The summed E-state index contributed by atoms with van der Waals surface area (Å²) in [6, 6.07) is 1.46. The number of hydrogen-bond donors (Lipinski definition) is 1. The predicted molar refractivity (Wildman–Crippen MR) is 79.2 cm³/mol. The summed E-state index contributed by atoms with van der Waals surface area (Å²) in [5, 5.41) is 0.293. The number of nitrogens with zero attached hydrogens (tertiary/aromatic N) is 4. The van der Waals surface area contributed by atoms with E-state index in [2.05, 4.69) is 9.97 Å². The van der Waals surface area contributed by atoms with Crippen LogP contribution in [0.15, 0.2) is 6.07 Å². The van der Waals surface area contributed by atoms with Crippen LogP contribution in [0.3, 0.4) is 0 Å². The topological polar surface area (TPSA) is 84.6 Å². The zero-order valence-corrected chi connectivity index (χ0v) is 12.4. The number of nitrogen functional groups attached to an aromatic ring is 1. The van der Waals surface area contributed by atoms with Crippen molar-refractivity contribution in [1.82, 2.24) is 14.9 Å². The first-order valence-corrected chi connectivity index (χ1v) is 7.46. The van der Waals surface area contributed by atoms with Crippen LogP contribution >= 0.6 is 11.6 Å². The second kappa shape index (κ2) is 6.03. The van der Waals surface area contributed by atoms with Crippen LogP contribution in [0.2, 0.25) is 5.15 Å². The fourth-order valence-corrected chi connectivity index (χ4v) is 3.05. The van der Waals surface area contributed by atoms with Crippen molar-refractivity contribution in [2.45, 2.75) is 18.9 Å². The standard InChI is InChI=1S/C13H18ClN5O2/c14-10-8-11(17-13(15)16-10)19-3-1-2-9(19)12(20)18-4-6-21-7-5-18/h8-9H,1-7H2,(H2,15,16,17). The van der Waals surface area contributed by atoms with Gasteiger partial charge in [0.25, 0.3) is 0 Å². The van der Waals surface area contributed by atoms with Crippen molar-refractivity contribution in [3.63, 3.8) is 0 Å². The summed E-state index contributed by atoms with van der Waals surface area (Å²) in [4.78, 5) is 24.6. The smallest absolute Gasteiger partial charge is 0.245 e. The number of nitrogens with two attached hydrogens (primary N) is 1. The molecule has 0 bridgehead atoms. The zero-order chi connectivity index (χ0) is 14.8. The molecule has 0 aliphatic carbocycles. The van der Waals surface area contributed by atoms with Crippen LogP contribution in [0, 0.1) is 0 Å².